The van der Waals surface area contributed by atoms with Crippen LogP contribution in [-0.2, 0) is 19.6 Å². The minimum atomic E-state index is -3.90. The highest BCUT2D eigenvalue weighted by Crippen LogP contribution is 2.17. The largest absolute Gasteiger partial charge is 0.507 e. The second kappa shape index (κ2) is 9.11. The molecule has 0 bridgehead atoms. The van der Waals surface area contributed by atoms with E-state index in [4.69, 9.17) is 0 Å². The Morgan fingerprint density at radius 2 is 1.79 bits per heavy atom. The number of amides is 2. The van der Waals surface area contributed by atoms with Gasteiger partial charge in [-0.2, -0.15) is 9.41 Å². The maximum absolute atomic E-state index is 12.5. The fourth-order valence-electron chi connectivity index (χ4n) is 2.19. The number of para-hydroxylation sites is 1. The number of nitrogens with zero attached hydrogens (tertiary/aromatic N) is 2. The molecular formula is C18H20N4O5S. The van der Waals surface area contributed by atoms with E-state index in [2.05, 4.69) is 15.8 Å². The van der Waals surface area contributed by atoms with Crippen LogP contribution in [0.2, 0.25) is 0 Å². The molecule has 0 aromatic heterocycles. The molecule has 0 aliphatic carbocycles. The van der Waals surface area contributed by atoms with Gasteiger partial charge >= 0.3 is 0 Å². The minimum Gasteiger partial charge on any atom is -0.507 e. The van der Waals surface area contributed by atoms with E-state index < -0.39 is 22.5 Å². The van der Waals surface area contributed by atoms with E-state index in [1.165, 1.54) is 50.5 Å². The van der Waals surface area contributed by atoms with Gasteiger partial charge in [-0.1, -0.05) is 12.1 Å². The SMILES string of the molecule is CC(=O)Nc1ccc(S(=O)(=O)N(C)CC(=O)N/N=C\c2ccccc2O)cc1. The number of rotatable bonds is 7. The summed E-state index contributed by atoms with van der Waals surface area (Å²) in [6, 6.07) is 12.0. The molecule has 2 aromatic rings. The maximum Gasteiger partial charge on any atom is 0.255 e. The van der Waals surface area contributed by atoms with Gasteiger partial charge in [-0.15, -0.1) is 0 Å². The Balaban J connectivity index is 1.98. The Labute approximate surface area is 162 Å². The normalized spacial score (nSPS) is 11.5. The average Bonchev–Trinajstić information content (AvgIpc) is 2.63. The van der Waals surface area contributed by atoms with E-state index in [9.17, 15) is 23.1 Å². The van der Waals surface area contributed by atoms with Crippen LogP contribution in [0.1, 0.15) is 12.5 Å². The zero-order valence-corrected chi connectivity index (χ0v) is 16.1. The van der Waals surface area contributed by atoms with Gasteiger partial charge in [0.25, 0.3) is 5.91 Å². The fraction of sp³-hybridized carbons (Fsp3) is 0.167. The van der Waals surface area contributed by atoms with E-state index in [1.54, 1.807) is 18.2 Å². The molecule has 0 radical (unpaired) electrons. The molecule has 0 atom stereocenters. The number of nitrogens with one attached hydrogen (secondary N) is 2. The summed E-state index contributed by atoms with van der Waals surface area (Å²) in [7, 11) is -2.63. The molecule has 3 N–H and O–H groups in total. The second-order valence-electron chi connectivity index (χ2n) is 5.82. The van der Waals surface area contributed by atoms with Crippen molar-refractivity contribution in [1.82, 2.24) is 9.73 Å². The number of hydrogen-bond donors (Lipinski definition) is 3. The van der Waals surface area contributed by atoms with Gasteiger partial charge in [0.1, 0.15) is 5.75 Å². The number of sulfonamides is 1. The molecule has 0 heterocycles. The standard InChI is InChI=1S/C18H20N4O5S/c1-13(23)20-15-7-9-16(10-8-15)28(26,27)22(2)12-18(25)21-19-11-14-5-3-4-6-17(14)24/h3-11,24H,12H2,1-2H3,(H,20,23)(H,21,25)/b19-11-. The van der Waals surface area contributed by atoms with Crippen molar-refractivity contribution in [2.45, 2.75) is 11.8 Å². The Kier molecular flexibility index (Phi) is 6.85. The highest BCUT2D eigenvalue weighted by Gasteiger charge is 2.22. The fourth-order valence-corrected chi connectivity index (χ4v) is 3.31. The van der Waals surface area contributed by atoms with Gasteiger partial charge in [0.2, 0.25) is 15.9 Å². The predicted octanol–water partition coefficient (Wildman–Crippen LogP) is 1.12. The molecule has 0 unspecified atom stereocenters. The Morgan fingerprint density at radius 1 is 1.14 bits per heavy atom. The molecule has 28 heavy (non-hydrogen) atoms. The molecule has 2 aromatic carbocycles. The van der Waals surface area contributed by atoms with Gasteiger partial charge in [0.05, 0.1) is 17.7 Å². The average molecular weight is 404 g/mol. The lowest BCUT2D eigenvalue weighted by atomic mass is 10.2. The second-order valence-corrected chi connectivity index (χ2v) is 7.86. The van der Waals surface area contributed by atoms with Gasteiger partial charge in [0, 0.05) is 25.2 Å². The molecule has 0 aliphatic rings. The maximum atomic E-state index is 12.5. The summed E-state index contributed by atoms with van der Waals surface area (Å²) in [6.07, 6.45) is 1.25. The number of phenols is 1. The van der Waals surface area contributed by atoms with Crippen LogP contribution < -0.4 is 10.7 Å². The topological polar surface area (TPSA) is 128 Å². The van der Waals surface area contributed by atoms with Crippen molar-refractivity contribution in [2.75, 3.05) is 18.9 Å². The lowest BCUT2D eigenvalue weighted by Crippen LogP contribution is -2.36. The first-order valence-electron chi connectivity index (χ1n) is 8.14. The van der Waals surface area contributed by atoms with Crippen LogP contribution in [0.3, 0.4) is 0 Å². The van der Waals surface area contributed by atoms with Crippen molar-refractivity contribution in [3.8, 4) is 5.75 Å². The van der Waals surface area contributed by atoms with Crippen molar-refractivity contribution >= 4 is 33.7 Å². The van der Waals surface area contributed by atoms with Crippen LogP contribution in [0.15, 0.2) is 58.5 Å². The number of hydrogen-bond acceptors (Lipinski definition) is 6. The Bertz CT molecular complexity index is 987. The first kappa shape index (κ1) is 21.1. The number of anilines is 1. The van der Waals surface area contributed by atoms with Gasteiger partial charge in [0.15, 0.2) is 0 Å². The summed E-state index contributed by atoms with van der Waals surface area (Å²) >= 11 is 0. The minimum absolute atomic E-state index is 0.00269. The predicted molar refractivity (Wildman–Crippen MR) is 104 cm³/mol. The zero-order valence-electron chi connectivity index (χ0n) is 15.3. The first-order chi connectivity index (χ1) is 13.2. The number of aromatic hydroxyl groups is 1. The van der Waals surface area contributed by atoms with Gasteiger partial charge in [-0.25, -0.2) is 13.8 Å². The van der Waals surface area contributed by atoms with Gasteiger partial charge in [-0.05, 0) is 36.4 Å². The van der Waals surface area contributed by atoms with Crippen LogP contribution in [0.4, 0.5) is 5.69 Å². The Hall–Kier alpha value is -3.24. The zero-order chi connectivity index (χ0) is 20.7. The molecule has 0 fully saturated rings. The number of carbonyl (C=O) groups excluding carboxylic acids is 2. The summed E-state index contributed by atoms with van der Waals surface area (Å²) in [5.41, 5.74) is 3.08. The van der Waals surface area contributed by atoms with E-state index in [0.29, 0.717) is 11.3 Å². The highest BCUT2D eigenvalue weighted by molar-refractivity contribution is 7.89. The monoisotopic (exact) mass is 404 g/mol. The van der Waals surface area contributed by atoms with Crippen LogP contribution in [0, 0.1) is 0 Å². The number of carbonyl (C=O) groups is 2. The summed E-state index contributed by atoms with van der Waals surface area (Å²) < 4.78 is 25.9. The third kappa shape index (κ3) is 5.63. The summed E-state index contributed by atoms with van der Waals surface area (Å²) in [5.74, 6) is -0.913. The molecule has 10 heteroatoms. The molecule has 2 amide bonds. The van der Waals surface area contributed by atoms with E-state index in [-0.39, 0.29) is 16.6 Å². The van der Waals surface area contributed by atoms with Crippen LogP contribution in [0.25, 0.3) is 0 Å². The lowest BCUT2D eigenvalue weighted by molar-refractivity contribution is -0.121. The van der Waals surface area contributed by atoms with Gasteiger partial charge < -0.3 is 10.4 Å². The third-order valence-corrected chi connectivity index (χ3v) is 5.40. The van der Waals surface area contributed by atoms with Crippen molar-refractivity contribution in [1.29, 1.82) is 0 Å². The van der Waals surface area contributed by atoms with Crippen LogP contribution in [-0.4, -0.2) is 49.5 Å². The van der Waals surface area contributed by atoms with Crippen molar-refractivity contribution in [3.63, 3.8) is 0 Å². The quantitative estimate of drug-likeness (QED) is 0.471. The molecule has 0 aliphatic heterocycles. The molecule has 0 saturated heterocycles. The van der Waals surface area contributed by atoms with Crippen molar-refractivity contribution < 1.29 is 23.1 Å². The molecule has 2 rings (SSSR count). The van der Waals surface area contributed by atoms with Crippen molar-refractivity contribution in [3.05, 3.63) is 54.1 Å². The van der Waals surface area contributed by atoms with E-state index in [0.717, 1.165) is 4.31 Å². The van der Waals surface area contributed by atoms with E-state index >= 15 is 0 Å². The highest BCUT2D eigenvalue weighted by atomic mass is 32.2. The summed E-state index contributed by atoms with van der Waals surface area (Å²) in [4.78, 5) is 22.9. The number of likely N-dealkylation sites (N-methyl/N-ethyl adjacent to an activating group) is 1. The number of benzene rings is 2. The molecule has 0 spiro atoms. The summed E-state index contributed by atoms with van der Waals surface area (Å²) in [6.45, 7) is 0.895. The molecule has 9 nitrogen and oxygen atoms in total. The molecule has 148 valence electrons. The van der Waals surface area contributed by atoms with Crippen LogP contribution in [0.5, 0.6) is 5.75 Å². The first-order valence-corrected chi connectivity index (χ1v) is 9.58. The van der Waals surface area contributed by atoms with E-state index in [1.807, 2.05) is 0 Å². The van der Waals surface area contributed by atoms with Crippen molar-refractivity contribution in [2.24, 2.45) is 5.10 Å². The number of phenolic OH excluding ortho intramolecular Hbond substituents is 1. The number of hydrazone groups is 1. The van der Waals surface area contributed by atoms with Crippen LogP contribution >= 0.6 is 0 Å². The smallest absolute Gasteiger partial charge is 0.255 e. The lowest BCUT2D eigenvalue weighted by Gasteiger charge is -2.16. The summed E-state index contributed by atoms with van der Waals surface area (Å²) in [5, 5.41) is 15.9. The van der Waals surface area contributed by atoms with Gasteiger partial charge in [-0.3, -0.25) is 9.59 Å². The molecule has 0 saturated carbocycles. The Morgan fingerprint density at radius 3 is 2.39 bits per heavy atom. The third-order valence-electron chi connectivity index (χ3n) is 3.58. The molecular weight excluding hydrogens is 384 g/mol.